The zero-order chi connectivity index (χ0) is 9.26. The van der Waals surface area contributed by atoms with E-state index in [1.165, 1.54) is 0 Å². The zero-order valence-corrected chi connectivity index (χ0v) is 7.19. The highest BCUT2D eigenvalue weighted by Gasteiger charge is 2.07. The van der Waals surface area contributed by atoms with Gasteiger partial charge in [0.05, 0.1) is 0 Å². The summed E-state index contributed by atoms with van der Waals surface area (Å²) in [7, 11) is 0. The van der Waals surface area contributed by atoms with Crippen LogP contribution in [-0.2, 0) is 0 Å². The quantitative estimate of drug-likeness (QED) is 0.715. The topological polar surface area (TPSA) is 64.9 Å². The van der Waals surface area contributed by atoms with Gasteiger partial charge < -0.3 is 10.2 Å². The number of hydrogen-bond acceptors (Lipinski definition) is 4. The molecule has 0 aliphatic rings. The lowest BCUT2D eigenvalue weighted by Crippen LogP contribution is -1.94. The van der Waals surface area contributed by atoms with Crippen molar-refractivity contribution in [2.45, 2.75) is 6.92 Å². The Morgan fingerprint density at radius 3 is 2.62 bits per heavy atom. The summed E-state index contributed by atoms with van der Waals surface area (Å²) in [5.41, 5.74) is 6.22. The number of aryl methyl sites for hydroxylation is 1. The van der Waals surface area contributed by atoms with Gasteiger partial charge in [-0.05, 0) is 19.1 Å². The van der Waals surface area contributed by atoms with E-state index in [9.17, 15) is 0 Å². The van der Waals surface area contributed by atoms with Gasteiger partial charge in [0, 0.05) is 12.4 Å². The summed E-state index contributed by atoms with van der Waals surface area (Å²) < 4.78 is 5.37. The number of nitrogens with zero attached hydrogens (tertiary/aromatic N) is 2. The number of anilines is 1. The van der Waals surface area contributed by atoms with Gasteiger partial charge in [0.2, 0.25) is 0 Å². The van der Waals surface area contributed by atoms with Crippen molar-refractivity contribution in [3.8, 4) is 11.5 Å². The van der Waals surface area contributed by atoms with Crippen LogP contribution in [0.15, 0.2) is 28.9 Å². The van der Waals surface area contributed by atoms with Crippen molar-refractivity contribution in [3.63, 3.8) is 0 Å². The minimum Gasteiger partial charge on any atom is -0.460 e. The van der Waals surface area contributed by atoms with Crippen molar-refractivity contribution in [3.05, 3.63) is 30.3 Å². The minimum absolute atomic E-state index is 0.386. The number of hydrogen-bond donors (Lipinski definition) is 1. The molecule has 4 nitrogen and oxygen atoms in total. The van der Waals surface area contributed by atoms with Crippen LogP contribution < -0.4 is 5.73 Å². The average molecular weight is 175 g/mol. The van der Waals surface area contributed by atoms with Crippen LogP contribution in [-0.4, -0.2) is 9.97 Å². The fourth-order valence-corrected chi connectivity index (χ4v) is 1.10. The molecule has 13 heavy (non-hydrogen) atoms. The molecule has 0 aliphatic heterocycles. The van der Waals surface area contributed by atoms with E-state index in [4.69, 9.17) is 10.2 Å². The molecular formula is C9H9N3O. The van der Waals surface area contributed by atoms with E-state index in [2.05, 4.69) is 9.97 Å². The summed E-state index contributed by atoms with van der Waals surface area (Å²) in [6.45, 7) is 1.87. The van der Waals surface area contributed by atoms with Gasteiger partial charge in [-0.2, -0.15) is 0 Å². The molecular weight excluding hydrogens is 166 g/mol. The molecule has 4 heteroatoms. The molecule has 0 unspecified atom stereocenters. The van der Waals surface area contributed by atoms with Crippen molar-refractivity contribution in [1.29, 1.82) is 0 Å². The molecule has 0 saturated heterocycles. The molecule has 0 radical (unpaired) electrons. The van der Waals surface area contributed by atoms with E-state index in [1.54, 1.807) is 12.4 Å². The molecule has 0 amide bonds. The van der Waals surface area contributed by atoms with Gasteiger partial charge in [0.15, 0.2) is 11.6 Å². The number of nitrogens with two attached hydrogens (primary N) is 1. The third-order valence-electron chi connectivity index (χ3n) is 1.70. The Labute approximate surface area is 75.4 Å². The first-order valence-corrected chi connectivity index (χ1v) is 3.90. The summed E-state index contributed by atoms with van der Waals surface area (Å²) in [5.74, 6) is 1.88. The SMILES string of the molecule is Cc1ccc(-c2nccnc2N)o1. The Morgan fingerprint density at radius 2 is 2.00 bits per heavy atom. The maximum atomic E-state index is 5.63. The molecule has 2 aromatic rings. The molecule has 0 saturated carbocycles. The predicted molar refractivity (Wildman–Crippen MR) is 48.9 cm³/mol. The fraction of sp³-hybridized carbons (Fsp3) is 0.111. The second kappa shape index (κ2) is 2.90. The van der Waals surface area contributed by atoms with E-state index in [-0.39, 0.29) is 0 Å². The Balaban J connectivity index is 2.52. The standard InChI is InChI=1S/C9H9N3O/c1-6-2-3-7(13-6)8-9(10)12-5-4-11-8/h2-5H,1H3,(H2,10,12). The molecule has 2 aromatic heterocycles. The van der Waals surface area contributed by atoms with Crippen LogP contribution in [0.2, 0.25) is 0 Å². The molecule has 0 bridgehead atoms. The van der Waals surface area contributed by atoms with E-state index in [0.29, 0.717) is 17.3 Å². The van der Waals surface area contributed by atoms with Gasteiger partial charge in [0.25, 0.3) is 0 Å². The van der Waals surface area contributed by atoms with Crippen molar-refractivity contribution in [2.24, 2.45) is 0 Å². The van der Waals surface area contributed by atoms with E-state index in [1.807, 2.05) is 19.1 Å². The Hall–Kier alpha value is -1.84. The second-order valence-corrected chi connectivity index (χ2v) is 2.70. The van der Waals surface area contributed by atoms with Gasteiger partial charge in [-0.1, -0.05) is 0 Å². The van der Waals surface area contributed by atoms with Gasteiger partial charge in [-0.25, -0.2) is 9.97 Å². The van der Waals surface area contributed by atoms with Gasteiger partial charge in [-0.15, -0.1) is 0 Å². The number of aromatic nitrogens is 2. The van der Waals surface area contributed by atoms with Crippen LogP contribution in [0.1, 0.15) is 5.76 Å². The first-order chi connectivity index (χ1) is 6.27. The van der Waals surface area contributed by atoms with Crippen LogP contribution in [0.25, 0.3) is 11.5 Å². The van der Waals surface area contributed by atoms with Crippen molar-refractivity contribution >= 4 is 5.82 Å². The predicted octanol–water partition coefficient (Wildman–Crippen LogP) is 1.63. The smallest absolute Gasteiger partial charge is 0.156 e. The number of nitrogen functional groups attached to an aromatic ring is 1. The third-order valence-corrected chi connectivity index (χ3v) is 1.70. The molecule has 2 heterocycles. The summed E-state index contributed by atoms with van der Waals surface area (Å²) in [4.78, 5) is 8.00. The lowest BCUT2D eigenvalue weighted by molar-refractivity contribution is 0.546. The second-order valence-electron chi connectivity index (χ2n) is 2.70. The Bertz CT molecular complexity index is 422. The van der Waals surface area contributed by atoms with Crippen LogP contribution in [0.4, 0.5) is 5.82 Å². The first kappa shape index (κ1) is 7.79. The minimum atomic E-state index is 0.386. The maximum Gasteiger partial charge on any atom is 0.156 e. The molecule has 0 aromatic carbocycles. The van der Waals surface area contributed by atoms with Gasteiger partial charge in [0.1, 0.15) is 11.5 Å². The maximum absolute atomic E-state index is 5.63. The molecule has 0 aliphatic carbocycles. The molecule has 0 atom stereocenters. The number of furan rings is 1. The van der Waals surface area contributed by atoms with Crippen LogP contribution >= 0.6 is 0 Å². The lowest BCUT2D eigenvalue weighted by atomic mass is 10.3. The normalized spacial score (nSPS) is 10.2. The van der Waals surface area contributed by atoms with Crippen LogP contribution in [0, 0.1) is 6.92 Å². The Morgan fingerprint density at radius 1 is 1.23 bits per heavy atom. The monoisotopic (exact) mass is 175 g/mol. The van der Waals surface area contributed by atoms with Gasteiger partial charge in [-0.3, -0.25) is 0 Å². The van der Waals surface area contributed by atoms with E-state index < -0.39 is 0 Å². The fourth-order valence-electron chi connectivity index (χ4n) is 1.10. The zero-order valence-electron chi connectivity index (χ0n) is 7.19. The highest BCUT2D eigenvalue weighted by Crippen LogP contribution is 2.22. The summed E-state index contributed by atoms with van der Waals surface area (Å²) in [6.07, 6.45) is 3.14. The number of rotatable bonds is 1. The van der Waals surface area contributed by atoms with Crippen molar-refractivity contribution in [2.75, 3.05) is 5.73 Å². The summed E-state index contributed by atoms with van der Waals surface area (Å²) >= 11 is 0. The largest absolute Gasteiger partial charge is 0.460 e. The van der Waals surface area contributed by atoms with Crippen molar-refractivity contribution < 1.29 is 4.42 Å². The molecule has 0 spiro atoms. The van der Waals surface area contributed by atoms with E-state index in [0.717, 1.165) is 5.76 Å². The molecule has 2 rings (SSSR count). The average Bonchev–Trinajstić information content (AvgIpc) is 2.53. The first-order valence-electron chi connectivity index (χ1n) is 3.90. The third kappa shape index (κ3) is 1.38. The lowest BCUT2D eigenvalue weighted by Gasteiger charge is -1.97. The van der Waals surface area contributed by atoms with Crippen LogP contribution in [0.3, 0.4) is 0 Å². The summed E-state index contributed by atoms with van der Waals surface area (Å²) in [6, 6.07) is 3.69. The molecule has 0 fully saturated rings. The highest BCUT2D eigenvalue weighted by molar-refractivity contribution is 5.64. The molecule has 66 valence electrons. The van der Waals surface area contributed by atoms with Crippen molar-refractivity contribution in [1.82, 2.24) is 9.97 Å². The van der Waals surface area contributed by atoms with Crippen LogP contribution in [0.5, 0.6) is 0 Å². The van der Waals surface area contributed by atoms with Gasteiger partial charge >= 0.3 is 0 Å². The van der Waals surface area contributed by atoms with E-state index >= 15 is 0 Å². The molecule has 2 N–H and O–H groups in total. The highest BCUT2D eigenvalue weighted by atomic mass is 16.3. The Kier molecular flexibility index (Phi) is 1.73. The summed E-state index contributed by atoms with van der Waals surface area (Å²) in [5, 5.41) is 0.